The van der Waals surface area contributed by atoms with E-state index in [1.54, 1.807) is 0 Å². The van der Waals surface area contributed by atoms with Crippen LogP contribution in [-0.2, 0) is 39.1 Å². The van der Waals surface area contributed by atoms with E-state index >= 15 is 0 Å². The van der Waals surface area contributed by atoms with Gasteiger partial charge in [-0.1, -0.05) is 29.8 Å². The molecule has 4 N–H and O–H groups in total. The van der Waals surface area contributed by atoms with Crippen molar-refractivity contribution in [1.82, 2.24) is 0 Å². The average molecular weight is 287 g/mol. The standard InChI is InChI=1S/C13H14N2.Y/c14-12-5-1-3-10(8-12)7-11-4-2-6-13(15)9-11;/h1-3,5-6,8-10H,7,14-15H2;/q-2;. The fourth-order valence-corrected chi connectivity index (χ4v) is 1.70. The molecule has 2 rings (SSSR count). The van der Waals surface area contributed by atoms with Crippen LogP contribution in [0.1, 0.15) is 5.56 Å². The Balaban J connectivity index is 0.00000128. The Kier molecular flexibility index (Phi) is 5.10. The van der Waals surface area contributed by atoms with Gasteiger partial charge in [0.05, 0.1) is 0 Å². The molecule has 1 unspecified atom stereocenters. The molecule has 0 saturated carbocycles. The molecule has 1 aromatic rings. The summed E-state index contributed by atoms with van der Waals surface area (Å²) in [6.07, 6.45) is 8.98. The summed E-state index contributed by atoms with van der Waals surface area (Å²) in [7, 11) is 0. The average Bonchev–Trinajstić information content (AvgIpc) is 2.17. The molecular weight excluding hydrogens is 273 g/mol. The third-order valence-electron chi connectivity index (χ3n) is 2.39. The minimum atomic E-state index is 0. The molecule has 16 heavy (non-hydrogen) atoms. The van der Waals surface area contributed by atoms with E-state index in [0.29, 0.717) is 5.92 Å². The molecular formula is C13H14N2Y-2. The fraction of sp³-hybridized carbons (Fsp3) is 0.154. The van der Waals surface area contributed by atoms with E-state index in [4.69, 9.17) is 11.5 Å². The van der Waals surface area contributed by atoms with Crippen LogP contribution >= 0.6 is 0 Å². The number of anilines is 1. The third kappa shape index (κ3) is 3.69. The predicted molar refractivity (Wildman–Crippen MR) is 62.6 cm³/mol. The van der Waals surface area contributed by atoms with E-state index in [-0.39, 0.29) is 32.7 Å². The van der Waals surface area contributed by atoms with Crippen LogP contribution in [-0.4, -0.2) is 0 Å². The molecule has 1 radical (unpaired) electrons. The van der Waals surface area contributed by atoms with E-state index in [1.807, 2.05) is 30.4 Å². The predicted octanol–water partition coefficient (Wildman–Crippen LogP) is 1.84. The smallest absolute Gasteiger partial charge is 0 e. The van der Waals surface area contributed by atoms with Crippen LogP contribution in [0.5, 0.6) is 0 Å². The van der Waals surface area contributed by atoms with Gasteiger partial charge in [0, 0.05) is 32.7 Å². The first-order valence-electron chi connectivity index (χ1n) is 4.99. The first kappa shape index (κ1) is 13.3. The summed E-state index contributed by atoms with van der Waals surface area (Å²) in [5.41, 5.74) is 14.2. The van der Waals surface area contributed by atoms with Gasteiger partial charge >= 0.3 is 0 Å². The largest absolute Gasteiger partial charge is 0.419 e. The number of allylic oxidation sites excluding steroid dienone is 3. The van der Waals surface area contributed by atoms with E-state index in [2.05, 4.69) is 18.6 Å². The van der Waals surface area contributed by atoms with E-state index in [9.17, 15) is 0 Å². The van der Waals surface area contributed by atoms with Gasteiger partial charge in [0.1, 0.15) is 0 Å². The van der Waals surface area contributed by atoms with Gasteiger partial charge in [0.25, 0.3) is 0 Å². The van der Waals surface area contributed by atoms with Crippen molar-refractivity contribution in [2.24, 2.45) is 11.7 Å². The van der Waals surface area contributed by atoms with Gasteiger partial charge in [-0.2, -0.15) is 23.8 Å². The molecule has 0 spiro atoms. The minimum absolute atomic E-state index is 0. The van der Waals surface area contributed by atoms with Gasteiger partial charge in [0.15, 0.2) is 0 Å². The summed E-state index contributed by atoms with van der Waals surface area (Å²) in [5, 5.41) is 0. The Bertz CT molecular complexity index is 410. The summed E-state index contributed by atoms with van der Waals surface area (Å²) < 4.78 is 0. The number of nitrogens with two attached hydrogens (primary N) is 2. The van der Waals surface area contributed by atoms with Crippen LogP contribution in [0.2, 0.25) is 0 Å². The molecule has 0 heterocycles. The number of nitrogen functional groups attached to an aromatic ring is 1. The maximum absolute atomic E-state index is 5.73. The normalized spacial score (nSPS) is 18.2. The zero-order valence-corrected chi connectivity index (χ0v) is 11.9. The van der Waals surface area contributed by atoms with Gasteiger partial charge in [-0.25, -0.2) is 12.5 Å². The Morgan fingerprint density at radius 1 is 1.38 bits per heavy atom. The maximum Gasteiger partial charge on any atom is 0 e. The number of hydrogen-bond donors (Lipinski definition) is 2. The fourth-order valence-electron chi connectivity index (χ4n) is 1.70. The Morgan fingerprint density at radius 3 is 2.88 bits per heavy atom. The molecule has 0 aromatic heterocycles. The Morgan fingerprint density at radius 2 is 2.19 bits per heavy atom. The maximum atomic E-state index is 5.73. The van der Waals surface area contributed by atoms with Crippen LogP contribution in [0, 0.1) is 18.4 Å². The minimum Gasteiger partial charge on any atom is -0.419 e. The van der Waals surface area contributed by atoms with Crippen LogP contribution in [0.25, 0.3) is 0 Å². The summed E-state index contributed by atoms with van der Waals surface area (Å²) in [5.74, 6) is 0.355. The molecule has 0 amide bonds. The second-order valence-electron chi connectivity index (χ2n) is 3.73. The van der Waals surface area contributed by atoms with Crippen molar-refractivity contribution in [3.05, 3.63) is 60.2 Å². The van der Waals surface area contributed by atoms with Crippen molar-refractivity contribution in [1.29, 1.82) is 0 Å². The number of benzene rings is 1. The van der Waals surface area contributed by atoms with Crippen LogP contribution in [0.4, 0.5) is 5.69 Å². The molecule has 3 heteroatoms. The van der Waals surface area contributed by atoms with Crippen molar-refractivity contribution >= 4 is 5.69 Å². The van der Waals surface area contributed by atoms with Crippen LogP contribution in [0.3, 0.4) is 0 Å². The van der Waals surface area contributed by atoms with Crippen molar-refractivity contribution in [2.75, 3.05) is 5.73 Å². The third-order valence-corrected chi connectivity index (χ3v) is 2.39. The molecule has 1 atom stereocenters. The summed E-state index contributed by atoms with van der Waals surface area (Å²) in [6, 6.07) is 8.83. The molecule has 1 aliphatic rings. The quantitative estimate of drug-likeness (QED) is 0.644. The molecule has 0 saturated heterocycles. The van der Waals surface area contributed by atoms with Gasteiger partial charge in [0.2, 0.25) is 0 Å². The van der Waals surface area contributed by atoms with Crippen molar-refractivity contribution in [3.63, 3.8) is 0 Å². The molecule has 81 valence electrons. The van der Waals surface area contributed by atoms with Crippen molar-refractivity contribution in [3.8, 4) is 0 Å². The molecule has 0 bridgehead atoms. The Labute approximate surface area is 122 Å². The van der Waals surface area contributed by atoms with Gasteiger partial charge in [-0.15, -0.1) is 12.1 Å². The molecule has 0 aliphatic heterocycles. The van der Waals surface area contributed by atoms with Crippen molar-refractivity contribution < 1.29 is 32.7 Å². The molecule has 1 aromatic carbocycles. The second kappa shape index (κ2) is 6.12. The first-order chi connectivity index (χ1) is 7.24. The zero-order valence-electron chi connectivity index (χ0n) is 9.06. The van der Waals surface area contributed by atoms with Crippen LogP contribution in [0.15, 0.2) is 42.1 Å². The number of hydrogen-bond acceptors (Lipinski definition) is 2. The summed E-state index contributed by atoms with van der Waals surface area (Å²) >= 11 is 0. The monoisotopic (exact) mass is 287 g/mol. The molecule has 1 aliphatic carbocycles. The van der Waals surface area contributed by atoms with E-state index in [1.165, 1.54) is 0 Å². The molecule has 0 fully saturated rings. The first-order valence-corrected chi connectivity index (χ1v) is 4.99. The van der Waals surface area contributed by atoms with Gasteiger partial charge < -0.3 is 11.5 Å². The van der Waals surface area contributed by atoms with Crippen molar-refractivity contribution in [2.45, 2.75) is 6.42 Å². The van der Waals surface area contributed by atoms with Gasteiger partial charge in [-0.3, -0.25) is 0 Å². The Hall–Kier alpha value is -0.726. The zero-order chi connectivity index (χ0) is 10.7. The topological polar surface area (TPSA) is 52.0 Å². The SMILES string of the molecule is NC1=CC(Cc2[c-]ccc(N)c2)[CH-]C=C1.[Y]. The van der Waals surface area contributed by atoms with Crippen LogP contribution < -0.4 is 11.5 Å². The van der Waals surface area contributed by atoms with Gasteiger partial charge in [-0.05, 0) is 0 Å². The summed E-state index contributed by atoms with van der Waals surface area (Å²) in [4.78, 5) is 0. The second-order valence-corrected chi connectivity index (χ2v) is 3.73. The summed E-state index contributed by atoms with van der Waals surface area (Å²) in [6.45, 7) is 0. The van der Waals surface area contributed by atoms with E-state index in [0.717, 1.165) is 23.4 Å². The van der Waals surface area contributed by atoms with E-state index < -0.39 is 0 Å². The molecule has 2 nitrogen and oxygen atoms in total. The number of rotatable bonds is 2.